The van der Waals surface area contributed by atoms with E-state index < -0.39 is 6.10 Å². The van der Waals surface area contributed by atoms with Crippen molar-refractivity contribution in [3.05, 3.63) is 59.0 Å². The van der Waals surface area contributed by atoms with E-state index in [1.165, 1.54) is 4.70 Å². The Balaban J connectivity index is 1.64. The largest absolute Gasteiger partial charge is 0.493 e. The van der Waals surface area contributed by atoms with Crippen molar-refractivity contribution in [3.63, 3.8) is 0 Å². The fourth-order valence-electron chi connectivity index (χ4n) is 2.95. The fraction of sp³-hybridized carbons (Fsp3) is 0.318. The van der Waals surface area contributed by atoms with Gasteiger partial charge < -0.3 is 25.2 Å². The molecule has 6 nitrogen and oxygen atoms in total. The Kier molecular flexibility index (Phi) is 7.32. The average molecular weight is 414 g/mol. The van der Waals surface area contributed by atoms with Crippen LogP contribution in [0.4, 0.5) is 0 Å². The van der Waals surface area contributed by atoms with Gasteiger partial charge in [-0.2, -0.15) is 0 Å². The van der Waals surface area contributed by atoms with Gasteiger partial charge in [-0.15, -0.1) is 11.3 Å². The summed E-state index contributed by atoms with van der Waals surface area (Å²) in [5.74, 6) is 2.03. The van der Waals surface area contributed by atoms with E-state index in [9.17, 15) is 5.11 Å². The molecule has 0 aliphatic rings. The Morgan fingerprint density at radius 1 is 1.07 bits per heavy atom. The first-order valence-corrected chi connectivity index (χ1v) is 10.4. The smallest absolute Gasteiger partial charge is 0.191 e. The van der Waals surface area contributed by atoms with E-state index in [2.05, 4.69) is 27.8 Å². The number of guanidine groups is 1. The molecule has 7 heteroatoms. The summed E-state index contributed by atoms with van der Waals surface area (Å²) < 4.78 is 11.8. The number of hydrogen-bond donors (Lipinski definition) is 3. The van der Waals surface area contributed by atoms with Crippen LogP contribution in [0.15, 0.2) is 53.5 Å². The summed E-state index contributed by atoms with van der Waals surface area (Å²) >= 11 is 1.61. The number of hydrogen-bond acceptors (Lipinski definition) is 5. The highest BCUT2D eigenvalue weighted by Gasteiger charge is 2.12. The molecule has 154 valence electrons. The maximum atomic E-state index is 10.6. The SMILES string of the molecule is CCNC(=NCc1ccc(OC)c(OC)c1)NCC(O)c1cc2ccccc2s1. The van der Waals surface area contributed by atoms with E-state index in [4.69, 9.17) is 9.47 Å². The van der Waals surface area contributed by atoms with Crippen molar-refractivity contribution in [3.8, 4) is 11.5 Å². The third-order valence-corrected chi connectivity index (χ3v) is 5.67. The monoisotopic (exact) mass is 413 g/mol. The summed E-state index contributed by atoms with van der Waals surface area (Å²) in [6.45, 7) is 3.60. The van der Waals surface area contributed by atoms with Crippen LogP contribution >= 0.6 is 11.3 Å². The van der Waals surface area contributed by atoms with Crippen molar-refractivity contribution in [2.75, 3.05) is 27.3 Å². The number of fused-ring (bicyclic) bond motifs is 1. The van der Waals surface area contributed by atoms with Crippen LogP contribution in [0.1, 0.15) is 23.5 Å². The molecule has 1 atom stereocenters. The van der Waals surface area contributed by atoms with Gasteiger partial charge in [0.05, 0.1) is 20.8 Å². The van der Waals surface area contributed by atoms with E-state index >= 15 is 0 Å². The Hall–Kier alpha value is -2.77. The van der Waals surface area contributed by atoms with Crippen LogP contribution in [0.25, 0.3) is 10.1 Å². The summed E-state index contributed by atoms with van der Waals surface area (Å²) in [6, 6.07) is 15.9. The van der Waals surface area contributed by atoms with E-state index in [1.54, 1.807) is 25.6 Å². The average Bonchev–Trinajstić information content (AvgIpc) is 3.19. The molecule has 2 aromatic carbocycles. The highest BCUT2D eigenvalue weighted by Crippen LogP contribution is 2.29. The number of benzene rings is 2. The van der Waals surface area contributed by atoms with Gasteiger partial charge in [-0.05, 0) is 42.1 Å². The normalized spacial score (nSPS) is 12.6. The minimum atomic E-state index is -0.600. The van der Waals surface area contributed by atoms with Crippen LogP contribution < -0.4 is 20.1 Å². The number of methoxy groups -OCH3 is 2. The summed E-state index contributed by atoms with van der Waals surface area (Å²) in [5.41, 5.74) is 1.00. The molecule has 0 radical (unpaired) electrons. The molecule has 0 amide bonds. The molecule has 1 unspecified atom stereocenters. The number of thiophene rings is 1. The van der Waals surface area contributed by atoms with Crippen molar-refractivity contribution in [1.82, 2.24) is 10.6 Å². The predicted molar refractivity (Wildman–Crippen MR) is 119 cm³/mol. The van der Waals surface area contributed by atoms with Gasteiger partial charge in [0.15, 0.2) is 17.5 Å². The molecule has 0 bridgehead atoms. The van der Waals surface area contributed by atoms with Gasteiger partial charge in [0.25, 0.3) is 0 Å². The van der Waals surface area contributed by atoms with E-state index in [0.717, 1.165) is 22.4 Å². The highest BCUT2D eigenvalue weighted by atomic mass is 32.1. The van der Waals surface area contributed by atoms with Crippen LogP contribution in [-0.4, -0.2) is 38.4 Å². The Morgan fingerprint density at radius 3 is 2.59 bits per heavy atom. The molecule has 3 N–H and O–H groups in total. The second-order valence-electron chi connectivity index (χ2n) is 6.47. The van der Waals surface area contributed by atoms with Crippen LogP contribution in [-0.2, 0) is 6.54 Å². The number of rotatable bonds is 8. The van der Waals surface area contributed by atoms with Gasteiger partial charge in [0.1, 0.15) is 6.10 Å². The summed E-state index contributed by atoms with van der Waals surface area (Å²) in [7, 11) is 3.23. The van der Waals surface area contributed by atoms with E-state index in [1.807, 2.05) is 43.3 Å². The lowest BCUT2D eigenvalue weighted by molar-refractivity contribution is 0.184. The number of nitrogens with zero attached hydrogens (tertiary/aromatic N) is 1. The second-order valence-corrected chi connectivity index (χ2v) is 7.58. The zero-order valence-electron chi connectivity index (χ0n) is 16.9. The molecule has 0 spiro atoms. The number of aliphatic hydroxyl groups is 1. The van der Waals surface area contributed by atoms with Crippen LogP contribution in [0.3, 0.4) is 0 Å². The van der Waals surface area contributed by atoms with Crippen molar-refractivity contribution in [2.24, 2.45) is 4.99 Å². The standard InChI is InChI=1S/C22H27N3O3S/c1-4-23-22(24-13-15-9-10-18(27-2)19(11-15)28-3)25-14-17(26)21-12-16-7-5-6-8-20(16)29-21/h5-12,17,26H,4,13-14H2,1-3H3,(H2,23,24,25). The van der Waals surface area contributed by atoms with Gasteiger partial charge in [0.2, 0.25) is 0 Å². The molecular formula is C22H27N3O3S. The van der Waals surface area contributed by atoms with Crippen molar-refractivity contribution >= 4 is 27.4 Å². The molecule has 0 saturated heterocycles. The Labute approximate surface area is 175 Å². The fourth-order valence-corrected chi connectivity index (χ4v) is 4.00. The number of aliphatic hydroxyl groups excluding tert-OH is 1. The second kappa shape index (κ2) is 10.1. The van der Waals surface area contributed by atoms with Gasteiger partial charge in [-0.25, -0.2) is 4.99 Å². The van der Waals surface area contributed by atoms with Gasteiger partial charge in [0, 0.05) is 22.7 Å². The van der Waals surface area contributed by atoms with Gasteiger partial charge in [-0.3, -0.25) is 0 Å². The third-order valence-electron chi connectivity index (χ3n) is 4.45. The Morgan fingerprint density at radius 2 is 1.86 bits per heavy atom. The highest BCUT2D eigenvalue weighted by molar-refractivity contribution is 7.19. The van der Waals surface area contributed by atoms with Gasteiger partial charge >= 0.3 is 0 Å². The first-order valence-electron chi connectivity index (χ1n) is 9.54. The number of aliphatic imine (C=N–C) groups is 1. The molecule has 1 heterocycles. The lowest BCUT2D eigenvalue weighted by atomic mass is 10.2. The molecule has 3 aromatic rings. The third kappa shape index (κ3) is 5.40. The summed E-state index contributed by atoms with van der Waals surface area (Å²) in [5, 5.41) is 18.2. The number of ether oxygens (including phenoxy) is 2. The topological polar surface area (TPSA) is 75.1 Å². The first-order chi connectivity index (χ1) is 14.1. The molecule has 1 aromatic heterocycles. The molecule has 0 fully saturated rings. The van der Waals surface area contributed by atoms with Crippen LogP contribution in [0.5, 0.6) is 11.5 Å². The molecular weight excluding hydrogens is 386 g/mol. The first kappa shape index (κ1) is 21.0. The summed E-state index contributed by atoms with van der Waals surface area (Å²) in [4.78, 5) is 5.55. The minimum Gasteiger partial charge on any atom is -0.493 e. The zero-order chi connectivity index (χ0) is 20.6. The molecule has 0 saturated carbocycles. The lowest BCUT2D eigenvalue weighted by Gasteiger charge is -2.14. The van der Waals surface area contributed by atoms with E-state index in [-0.39, 0.29) is 0 Å². The quantitative estimate of drug-likeness (QED) is 0.388. The zero-order valence-corrected chi connectivity index (χ0v) is 17.8. The molecule has 0 aliphatic carbocycles. The van der Waals surface area contributed by atoms with Crippen molar-refractivity contribution in [1.29, 1.82) is 0 Å². The molecule has 3 rings (SSSR count). The van der Waals surface area contributed by atoms with Crippen LogP contribution in [0.2, 0.25) is 0 Å². The number of nitrogens with one attached hydrogen (secondary N) is 2. The van der Waals surface area contributed by atoms with Crippen LogP contribution in [0, 0.1) is 0 Å². The van der Waals surface area contributed by atoms with Gasteiger partial charge in [-0.1, -0.05) is 24.3 Å². The lowest BCUT2D eigenvalue weighted by Crippen LogP contribution is -2.39. The Bertz CT molecular complexity index is 938. The van der Waals surface area contributed by atoms with Crippen molar-refractivity contribution in [2.45, 2.75) is 19.6 Å². The molecule has 0 aliphatic heterocycles. The predicted octanol–water partition coefficient (Wildman–Crippen LogP) is 3.71. The summed E-state index contributed by atoms with van der Waals surface area (Å²) in [6.07, 6.45) is -0.600. The van der Waals surface area contributed by atoms with E-state index in [0.29, 0.717) is 30.5 Å². The molecule has 29 heavy (non-hydrogen) atoms. The maximum Gasteiger partial charge on any atom is 0.191 e. The maximum absolute atomic E-state index is 10.6. The minimum absolute atomic E-state index is 0.380. The van der Waals surface area contributed by atoms with Crippen molar-refractivity contribution < 1.29 is 14.6 Å².